The number of nitrogens with two attached hydrogens (primary N) is 1. The fourth-order valence-corrected chi connectivity index (χ4v) is 2.84. The molecule has 0 spiro atoms. The quantitative estimate of drug-likeness (QED) is 0.302. The number of para-hydroxylation sites is 2. The summed E-state index contributed by atoms with van der Waals surface area (Å²) < 4.78 is 0. The number of primary amides is 1. The topological polar surface area (TPSA) is 130 Å². The zero-order valence-corrected chi connectivity index (χ0v) is 16.0. The third-order valence-electron chi connectivity index (χ3n) is 4.02. The normalized spacial score (nSPS) is 12.7. The maximum Gasteiger partial charge on any atom is 0.237 e. The van der Waals surface area contributed by atoms with Crippen molar-refractivity contribution in [3.05, 3.63) is 30.1 Å². The molecule has 1 aromatic heterocycles. The maximum atomic E-state index is 12.7. The molecule has 0 aliphatic rings. The Labute approximate surface area is 158 Å². The van der Waals surface area contributed by atoms with Crippen LogP contribution in [-0.2, 0) is 9.59 Å². The molecule has 146 valence electrons. The minimum atomic E-state index is -0.521. The van der Waals surface area contributed by atoms with Gasteiger partial charge in [0.25, 0.3) is 0 Å². The minimum Gasteiger partial charge on any atom is -0.370 e. The largest absolute Gasteiger partial charge is 0.370 e. The van der Waals surface area contributed by atoms with Crippen LogP contribution in [0.1, 0.15) is 50.7 Å². The highest BCUT2D eigenvalue weighted by molar-refractivity contribution is 5.98. The predicted octanol–water partition coefficient (Wildman–Crippen LogP) is 1.68. The number of hydrazine groups is 1. The highest BCUT2D eigenvalue weighted by Crippen LogP contribution is 2.27. The number of hydrogen-bond donors (Lipinski definition) is 4. The SMILES string of the molecule is CC(C)(C)C[C@H](CC(=O)c1nc2ccccc2[nH]1)C(=O)NNCCC(N)=O. The molecule has 8 nitrogen and oxygen atoms in total. The Kier molecular flexibility index (Phi) is 6.68. The molecule has 0 fully saturated rings. The van der Waals surface area contributed by atoms with Crippen molar-refractivity contribution in [3.8, 4) is 0 Å². The summed E-state index contributed by atoms with van der Waals surface area (Å²) in [5.74, 6) is -1.23. The highest BCUT2D eigenvalue weighted by Gasteiger charge is 2.28. The number of rotatable bonds is 9. The molecule has 0 saturated heterocycles. The molecule has 2 aromatic rings. The second kappa shape index (κ2) is 8.77. The number of Topliss-reactive ketones (excluding diaryl/α,β-unsaturated/α-hetero) is 1. The number of imidazole rings is 1. The van der Waals surface area contributed by atoms with Gasteiger partial charge in [0.1, 0.15) is 0 Å². The molecule has 27 heavy (non-hydrogen) atoms. The highest BCUT2D eigenvalue weighted by atomic mass is 16.2. The summed E-state index contributed by atoms with van der Waals surface area (Å²) in [6.45, 7) is 6.28. The van der Waals surface area contributed by atoms with E-state index < -0.39 is 11.8 Å². The van der Waals surface area contributed by atoms with E-state index in [2.05, 4.69) is 20.8 Å². The van der Waals surface area contributed by atoms with Crippen molar-refractivity contribution in [1.29, 1.82) is 0 Å². The zero-order chi connectivity index (χ0) is 20.0. The van der Waals surface area contributed by atoms with Crippen LogP contribution in [0.15, 0.2) is 24.3 Å². The van der Waals surface area contributed by atoms with Crippen molar-refractivity contribution in [2.45, 2.75) is 40.0 Å². The molecule has 0 aliphatic carbocycles. The molecule has 0 unspecified atom stereocenters. The molecular formula is C19H27N5O3. The number of fused-ring (bicyclic) bond motifs is 1. The lowest BCUT2D eigenvalue weighted by Gasteiger charge is -2.25. The molecule has 2 amide bonds. The molecule has 2 rings (SSSR count). The Hall–Kier alpha value is -2.74. The second-order valence-corrected chi connectivity index (χ2v) is 7.82. The Bertz CT molecular complexity index is 789. The number of nitrogens with one attached hydrogen (secondary N) is 3. The van der Waals surface area contributed by atoms with Gasteiger partial charge in [0, 0.05) is 25.3 Å². The summed E-state index contributed by atoms with van der Waals surface area (Å²) in [6.07, 6.45) is 0.685. The molecule has 0 aliphatic heterocycles. The van der Waals surface area contributed by atoms with E-state index in [4.69, 9.17) is 5.73 Å². The van der Waals surface area contributed by atoms with Gasteiger partial charge in [-0.15, -0.1) is 0 Å². The number of amides is 2. The number of aromatic amines is 1. The van der Waals surface area contributed by atoms with Crippen molar-refractivity contribution in [3.63, 3.8) is 0 Å². The fourth-order valence-electron chi connectivity index (χ4n) is 2.84. The van der Waals surface area contributed by atoms with Crippen LogP contribution < -0.4 is 16.6 Å². The summed E-state index contributed by atoms with van der Waals surface area (Å²) in [6, 6.07) is 7.39. The van der Waals surface area contributed by atoms with Crippen molar-refractivity contribution in [1.82, 2.24) is 20.8 Å². The predicted molar refractivity (Wildman–Crippen MR) is 103 cm³/mol. The van der Waals surface area contributed by atoms with Crippen LogP contribution in [0.5, 0.6) is 0 Å². The maximum absolute atomic E-state index is 12.7. The van der Waals surface area contributed by atoms with E-state index in [-0.39, 0.29) is 42.3 Å². The van der Waals surface area contributed by atoms with E-state index in [1.807, 2.05) is 45.0 Å². The van der Waals surface area contributed by atoms with Gasteiger partial charge in [-0.05, 0) is 24.0 Å². The molecule has 0 bridgehead atoms. The third-order valence-corrected chi connectivity index (χ3v) is 4.02. The Balaban J connectivity index is 2.05. The van der Waals surface area contributed by atoms with Crippen molar-refractivity contribution < 1.29 is 14.4 Å². The van der Waals surface area contributed by atoms with Crippen LogP contribution >= 0.6 is 0 Å². The van der Waals surface area contributed by atoms with Gasteiger partial charge < -0.3 is 10.7 Å². The summed E-state index contributed by atoms with van der Waals surface area (Å²) in [4.78, 5) is 43.3. The van der Waals surface area contributed by atoms with Crippen LogP contribution in [0.4, 0.5) is 0 Å². The van der Waals surface area contributed by atoms with Gasteiger partial charge in [-0.3, -0.25) is 19.8 Å². The third kappa shape index (κ3) is 6.49. The van der Waals surface area contributed by atoms with E-state index in [1.165, 1.54) is 0 Å². The number of aromatic nitrogens is 2. The first-order valence-electron chi connectivity index (χ1n) is 8.94. The van der Waals surface area contributed by atoms with Gasteiger partial charge in [-0.2, -0.15) is 0 Å². The Morgan fingerprint density at radius 2 is 1.93 bits per heavy atom. The van der Waals surface area contributed by atoms with Crippen LogP contribution in [0.2, 0.25) is 0 Å². The second-order valence-electron chi connectivity index (χ2n) is 7.82. The Morgan fingerprint density at radius 1 is 1.22 bits per heavy atom. The number of H-pyrrole nitrogens is 1. The fraction of sp³-hybridized carbons (Fsp3) is 0.474. The summed E-state index contributed by atoms with van der Waals surface area (Å²) in [5, 5.41) is 0. The van der Waals surface area contributed by atoms with Gasteiger partial charge >= 0.3 is 0 Å². The molecule has 5 N–H and O–H groups in total. The molecule has 0 radical (unpaired) electrons. The number of carbonyl (C=O) groups excluding carboxylic acids is 3. The van der Waals surface area contributed by atoms with Crippen molar-refractivity contribution in [2.24, 2.45) is 17.1 Å². The molecule has 1 aromatic carbocycles. The first kappa shape index (κ1) is 20.6. The van der Waals surface area contributed by atoms with Crippen LogP contribution in [0, 0.1) is 11.3 Å². The summed E-state index contributed by atoms with van der Waals surface area (Å²) >= 11 is 0. The molecule has 1 atom stereocenters. The smallest absolute Gasteiger partial charge is 0.237 e. The molecular weight excluding hydrogens is 346 g/mol. The van der Waals surface area contributed by atoms with E-state index in [1.54, 1.807) is 0 Å². The standard InChI is InChI=1S/C19H27N5O3/c1-19(2,3)11-12(18(27)24-21-9-8-16(20)26)10-15(25)17-22-13-6-4-5-7-14(13)23-17/h4-7,12,21H,8-11H2,1-3H3,(H2,20,26)(H,22,23)(H,24,27)/t12-/m0/s1. The number of ketones is 1. The van der Waals surface area contributed by atoms with E-state index in [0.717, 1.165) is 5.52 Å². The van der Waals surface area contributed by atoms with Crippen molar-refractivity contribution in [2.75, 3.05) is 6.54 Å². The summed E-state index contributed by atoms with van der Waals surface area (Å²) in [5.41, 5.74) is 11.7. The number of hydrogen-bond acceptors (Lipinski definition) is 5. The number of nitrogens with zero attached hydrogens (tertiary/aromatic N) is 1. The summed E-state index contributed by atoms with van der Waals surface area (Å²) in [7, 11) is 0. The first-order valence-corrected chi connectivity index (χ1v) is 8.94. The molecule has 1 heterocycles. The number of carbonyl (C=O) groups is 3. The average Bonchev–Trinajstić information content (AvgIpc) is 3.00. The average molecular weight is 373 g/mol. The minimum absolute atomic E-state index is 0.0421. The molecule has 8 heteroatoms. The lowest BCUT2D eigenvalue weighted by atomic mass is 9.82. The van der Waals surface area contributed by atoms with Crippen LogP contribution in [0.25, 0.3) is 11.0 Å². The van der Waals surface area contributed by atoms with E-state index in [9.17, 15) is 14.4 Å². The van der Waals surface area contributed by atoms with Gasteiger partial charge in [0.05, 0.1) is 11.0 Å². The van der Waals surface area contributed by atoms with Crippen LogP contribution in [0.3, 0.4) is 0 Å². The van der Waals surface area contributed by atoms with E-state index in [0.29, 0.717) is 11.9 Å². The lowest BCUT2D eigenvalue weighted by molar-refractivity contribution is -0.127. The zero-order valence-electron chi connectivity index (χ0n) is 16.0. The molecule has 0 saturated carbocycles. The van der Waals surface area contributed by atoms with Crippen LogP contribution in [-0.4, -0.2) is 34.1 Å². The Morgan fingerprint density at radius 3 is 2.56 bits per heavy atom. The van der Waals surface area contributed by atoms with Gasteiger partial charge in [0.2, 0.25) is 11.8 Å². The monoisotopic (exact) mass is 373 g/mol. The van der Waals surface area contributed by atoms with Gasteiger partial charge in [-0.25, -0.2) is 10.4 Å². The first-order chi connectivity index (χ1) is 12.7. The number of benzene rings is 1. The van der Waals surface area contributed by atoms with Gasteiger partial charge in [0.15, 0.2) is 11.6 Å². The van der Waals surface area contributed by atoms with Crippen molar-refractivity contribution >= 4 is 28.6 Å². The lowest BCUT2D eigenvalue weighted by Crippen LogP contribution is -2.43. The van der Waals surface area contributed by atoms with E-state index >= 15 is 0 Å². The van der Waals surface area contributed by atoms with Gasteiger partial charge in [-0.1, -0.05) is 32.9 Å².